The van der Waals surface area contributed by atoms with Gasteiger partial charge < -0.3 is 4.74 Å². The average Bonchev–Trinajstić information content (AvgIpc) is 2.13. The quantitative estimate of drug-likeness (QED) is 0.733. The zero-order valence-electron chi connectivity index (χ0n) is 8.86. The van der Waals surface area contributed by atoms with Gasteiger partial charge in [0.25, 0.3) is 0 Å². The molecule has 76 valence electrons. The molecule has 14 heavy (non-hydrogen) atoms. The molecule has 0 N–H and O–H groups in total. The first kappa shape index (κ1) is 9.50. The van der Waals surface area contributed by atoms with E-state index in [-0.39, 0.29) is 0 Å². The Balaban J connectivity index is 1.78. The molecule has 0 aliphatic heterocycles. The molecule has 1 aliphatic rings. The lowest BCUT2D eigenvalue weighted by Crippen LogP contribution is -2.26. The van der Waals surface area contributed by atoms with Gasteiger partial charge in [-0.25, -0.2) is 0 Å². The summed E-state index contributed by atoms with van der Waals surface area (Å²) in [5.74, 6) is 2.57. The molecule has 0 bridgehead atoms. The third kappa shape index (κ3) is 2.25. The van der Waals surface area contributed by atoms with Gasteiger partial charge in [-0.15, -0.1) is 0 Å². The monoisotopic (exact) mass is 191 g/mol. The highest BCUT2D eigenvalue weighted by molar-refractivity contribution is 5.19. The number of rotatable bonds is 3. The maximum absolute atomic E-state index is 5.65. The van der Waals surface area contributed by atoms with Crippen LogP contribution in [0.5, 0.6) is 5.75 Å². The average molecular weight is 191 g/mol. The minimum Gasteiger partial charge on any atom is -0.492 e. The van der Waals surface area contributed by atoms with Crippen molar-refractivity contribution in [1.29, 1.82) is 0 Å². The highest BCUT2D eigenvalue weighted by atomic mass is 16.5. The van der Waals surface area contributed by atoms with E-state index in [9.17, 15) is 0 Å². The summed E-state index contributed by atoms with van der Waals surface area (Å²) in [7, 11) is 0. The topological polar surface area (TPSA) is 22.1 Å². The maximum Gasteiger partial charge on any atom is 0.137 e. The van der Waals surface area contributed by atoms with Gasteiger partial charge in [0.15, 0.2) is 0 Å². The Morgan fingerprint density at radius 3 is 2.79 bits per heavy atom. The highest BCUT2D eigenvalue weighted by Crippen LogP contribution is 2.33. The van der Waals surface area contributed by atoms with Crippen LogP contribution in [-0.2, 0) is 0 Å². The van der Waals surface area contributed by atoms with Crippen LogP contribution in [0.1, 0.15) is 25.5 Å². The molecule has 2 rings (SSSR count). The Morgan fingerprint density at radius 1 is 1.43 bits per heavy atom. The van der Waals surface area contributed by atoms with Crippen LogP contribution in [0.15, 0.2) is 18.3 Å². The van der Waals surface area contributed by atoms with E-state index in [0.29, 0.717) is 0 Å². The lowest BCUT2D eigenvalue weighted by molar-refractivity contribution is 0.130. The number of hydrogen-bond donors (Lipinski definition) is 0. The largest absolute Gasteiger partial charge is 0.492 e. The fourth-order valence-corrected chi connectivity index (χ4v) is 1.96. The SMILES string of the molecule is Cc1ccc(OCC2CC(C)C2)cn1. The Morgan fingerprint density at radius 2 is 2.21 bits per heavy atom. The van der Waals surface area contributed by atoms with Crippen molar-refractivity contribution in [3.05, 3.63) is 24.0 Å². The minimum absolute atomic E-state index is 0.770. The normalized spacial score (nSPS) is 25.6. The van der Waals surface area contributed by atoms with Crippen molar-refractivity contribution in [2.75, 3.05) is 6.61 Å². The molecular weight excluding hydrogens is 174 g/mol. The van der Waals surface area contributed by atoms with Crippen LogP contribution in [0.2, 0.25) is 0 Å². The fourth-order valence-electron chi connectivity index (χ4n) is 1.96. The zero-order chi connectivity index (χ0) is 9.97. The third-order valence-electron chi connectivity index (χ3n) is 2.84. The molecular formula is C12H17NO. The lowest BCUT2D eigenvalue weighted by atomic mass is 9.77. The minimum atomic E-state index is 0.770. The van der Waals surface area contributed by atoms with Crippen molar-refractivity contribution >= 4 is 0 Å². The number of pyridine rings is 1. The summed E-state index contributed by atoms with van der Waals surface area (Å²) in [4.78, 5) is 4.19. The van der Waals surface area contributed by atoms with Crippen molar-refractivity contribution < 1.29 is 4.74 Å². The third-order valence-corrected chi connectivity index (χ3v) is 2.84. The van der Waals surface area contributed by atoms with Crippen molar-refractivity contribution in [3.63, 3.8) is 0 Å². The molecule has 0 atom stereocenters. The molecule has 0 radical (unpaired) electrons. The predicted molar refractivity (Wildman–Crippen MR) is 56.4 cm³/mol. The van der Waals surface area contributed by atoms with Crippen LogP contribution in [0.3, 0.4) is 0 Å². The molecule has 1 aromatic heterocycles. The molecule has 1 heterocycles. The van der Waals surface area contributed by atoms with Gasteiger partial charge in [-0.1, -0.05) is 6.92 Å². The van der Waals surface area contributed by atoms with Gasteiger partial charge >= 0.3 is 0 Å². The number of hydrogen-bond acceptors (Lipinski definition) is 2. The van der Waals surface area contributed by atoms with Gasteiger partial charge in [-0.05, 0) is 43.7 Å². The molecule has 0 aromatic carbocycles. The van der Waals surface area contributed by atoms with E-state index in [0.717, 1.165) is 29.9 Å². The molecule has 2 heteroatoms. The number of aryl methyl sites for hydroxylation is 1. The summed E-state index contributed by atoms with van der Waals surface area (Å²) in [6, 6.07) is 3.98. The Hall–Kier alpha value is -1.05. The molecule has 1 aromatic rings. The molecule has 1 aliphatic carbocycles. The lowest BCUT2D eigenvalue weighted by Gasteiger charge is -2.32. The second kappa shape index (κ2) is 3.99. The molecule has 2 nitrogen and oxygen atoms in total. The molecule has 1 saturated carbocycles. The van der Waals surface area contributed by atoms with E-state index >= 15 is 0 Å². The van der Waals surface area contributed by atoms with E-state index in [1.807, 2.05) is 19.1 Å². The number of nitrogens with zero attached hydrogens (tertiary/aromatic N) is 1. The maximum atomic E-state index is 5.65. The zero-order valence-corrected chi connectivity index (χ0v) is 8.86. The smallest absolute Gasteiger partial charge is 0.137 e. The van der Waals surface area contributed by atoms with Gasteiger partial charge in [0, 0.05) is 5.69 Å². The highest BCUT2D eigenvalue weighted by Gasteiger charge is 2.25. The Bertz CT molecular complexity index is 288. The van der Waals surface area contributed by atoms with E-state index < -0.39 is 0 Å². The van der Waals surface area contributed by atoms with Crippen LogP contribution in [0.25, 0.3) is 0 Å². The van der Waals surface area contributed by atoms with Crippen LogP contribution < -0.4 is 4.74 Å². The van der Waals surface area contributed by atoms with Crippen LogP contribution in [-0.4, -0.2) is 11.6 Å². The van der Waals surface area contributed by atoms with Crippen molar-refractivity contribution in [1.82, 2.24) is 4.98 Å². The van der Waals surface area contributed by atoms with Crippen molar-refractivity contribution in [2.45, 2.75) is 26.7 Å². The van der Waals surface area contributed by atoms with Crippen LogP contribution in [0.4, 0.5) is 0 Å². The standard InChI is InChI=1S/C12H17NO/c1-9-5-11(6-9)8-14-12-4-3-10(2)13-7-12/h3-4,7,9,11H,5-6,8H2,1-2H3. The van der Waals surface area contributed by atoms with E-state index in [2.05, 4.69) is 11.9 Å². The summed E-state index contributed by atoms with van der Waals surface area (Å²) in [6.07, 6.45) is 4.44. The van der Waals surface area contributed by atoms with Gasteiger partial charge in [0.2, 0.25) is 0 Å². The molecule has 0 spiro atoms. The number of aromatic nitrogens is 1. The van der Waals surface area contributed by atoms with Crippen LogP contribution >= 0.6 is 0 Å². The van der Waals surface area contributed by atoms with Crippen LogP contribution in [0, 0.1) is 18.8 Å². The van der Waals surface area contributed by atoms with Crippen molar-refractivity contribution in [3.8, 4) is 5.75 Å². The first-order valence-electron chi connectivity index (χ1n) is 5.29. The number of ether oxygens (including phenoxy) is 1. The molecule has 0 unspecified atom stereocenters. The summed E-state index contributed by atoms with van der Waals surface area (Å²) >= 11 is 0. The Labute approximate surface area is 85.3 Å². The summed E-state index contributed by atoms with van der Waals surface area (Å²) in [5, 5.41) is 0. The molecule has 0 saturated heterocycles. The van der Waals surface area contributed by atoms with Gasteiger partial charge in [-0.3, -0.25) is 4.98 Å². The molecule has 1 fully saturated rings. The Kier molecular flexibility index (Phi) is 2.71. The molecule has 0 amide bonds. The second-order valence-electron chi connectivity index (χ2n) is 4.39. The first-order valence-corrected chi connectivity index (χ1v) is 5.29. The fraction of sp³-hybridized carbons (Fsp3) is 0.583. The second-order valence-corrected chi connectivity index (χ2v) is 4.39. The van der Waals surface area contributed by atoms with Gasteiger partial charge in [0.05, 0.1) is 12.8 Å². The first-order chi connectivity index (χ1) is 6.74. The van der Waals surface area contributed by atoms with Gasteiger partial charge in [0.1, 0.15) is 5.75 Å². The summed E-state index contributed by atoms with van der Waals surface area (Å²) in [6.45, 7) is 5.14. The van der Waals surface area contributed by atoms with E-state index in [1.54, 1.807) is 6.20 Å². The summed E-state index contributed by atoms with van der Waals surface area (Å²) < 4.78 is 5.65. The summed E-state index contributed by atoms with van der Waals surface area (Å²) in [5.41, 5.74) is 1.04. The van der Waals surface area contributed by atoms with E-state index in [1.165, 1.54) is 12.8 Å². The van der Waals surface area contributed by atoms with E-state index in [4.69, 9.17) is 4.74 Å². The van der Waals surface area contributed by atoms with Crippen molar-refractivity contribution in [2.24, 2.45) is 11.8 Å². The predicted octanol–water partition coefficient (Wildman–Crippen LogP) is 2.81. The van der Waals surface area contributed by atoms with Gasteiger partial charge in [-0.2, -0.15) is 0 Å².